The van der Waals surface area contributed by atoms with Crippen LogP contribution in [0.2, 0.25) is 0 Å². The normalized spacial score (nSPS) is 18.8. The minimum atomic E-state index is -4.58. The molecular weight excluding hydrogens is 499 g/mol. The summed E-state index contributed by atoms with van der Waals surface area (Å²) in [5, 5.41) is 5.72. The summed E-state index contributed by atoms with van der Waals surface area (Å²) >= 11 is 0. The van der Waals surface area contributed by atoms with Crippen LogP contribution in [0.4, 0.5) is 18.9 Å². The molecule has 2 aromatic rings. The molecule has 1 atom stereocenters. The van der Waals surface area contributed by atoms with Gasteiger partial charge in [-0.15, -0.1) is 0 Å². The Balaban J connectivity index is 1.50. The van der Waals surface area contributed by atoms with E-state index in [1.54, 1.807) is 0 Å². The van der Waals surface area contributed by atoms with E-state index in [0.29, 0.717) is 0 Å². The van der Waals surface area contributed by atoms with E-state index in [0.717, 1.165) is 30.9 Å². The second-order valence-corrected chi connectivity index (χ2v) is 10.6. The second-order valence-electron chi connectivity index (χ2n) is 8.64. The molecule has 1 aliphatic heterocycles. The highest BCUT2D eigenvalue weighted by atomic mass is 32.2. The number of sulfonamides is 1. The number of morpholine rings is 1. The lowest BCUT2D eigenvalue weighted by molar-refractivity contribution is -0.153. The van der Waals surface area contributed by atoms with E-state index in [1.807, 2.05) is 24.3 Å². The molecule has 0 aromatic heterocycles. The molecule has 0 bridgehead atoms. The number of alkyl halides is 3. The molecular formula is C24H28F3N3O5S. The number of carbonyl (C=O) groups excluding carboxylic acids is 1. The van der Waals surface area contributed by atoms with Gasteiger partial charge in [0, 0.05) is 13.1 Å². The average molecular weight is 528 g/mol. The zero-order chi connectivity index (χ0) is 25.8. The number of aryl methyl sites for hydroxylation is 1. The van der Waals surface area contributed by atoms with Crippen LogP contribution in [0, 0.1) is 0 Å². The van der Waals surface area contributed by atoms with Gasteiger partial charge in [0.25, 0.3) is 0 Å². The van der Waals surface area contributed by atoms with E-state index in [4.69, 9.17) is 9.47 Å². The van der Waals surface area contributed by atoms with Gasteiger partial charge < -0.3 is 20.1 Å². The number of halogens is 3. The number of hydrogen-bond donors (Lipinski definition) is 2. The van der Waals surface area contributed by atoms with Crippen LogP contribution >= 0.6 is 0 Å². The summed E-state index contributed by atoms with van der Waals surface area (Å²) < 4.78 is 75.7. The van der Waals surface area contributed by atoms with Gasteiger partial charge in [0.15, 0.2) is 6.61 Å². The molecule has 1 fully saturated rings. The van der Waals surface area contributed by atoms with Gasteiger partial charge in [-0.1, -0.05) is 24.3 Å². The number of rotatable bonds is 8. The van der Waals surface area contributed by atoms with Crippen LogP contribution < -0.4 is 15.4 Å². The van der Waals surface area contributed by atoms with Gasteiger partial charge >= 0.3 is 6.18 Å². The van der Waals surface area contributed by atoms with E-state index >= 15 is 0 Å². The molecule has 1 saturated heterocycles. The van der Waals surface area contributed by atoms with Crippen molar-refractivity contribution in [3.8, 4) is 5.75 Å². The molecule has 1 heterocycles. The Hall–Kier alpha value is -2.83. The van der Waals surface area contributed by atoms with Crippen LogP contribution in [0.1, 0.15) is 30.0 Å². The maximum Gasteiger partial charge on any atom is 0.422 e. The van der Waals surface area contributed by atoms with Gasteiger partial charge in [-0.2, -0.15) is 17.5 Å². The molecule has 4 rings (SSSR count). The molecule has 2 N–H and O–H groups in total. The zero-order valence-electron chi connectivity index (χ0n) is 19.5. The molecule has 0 saturated carbocycles. The first-order chi connectivity index (χ1) is 17.1. The molecule has 2 aromatic carbocycles. The number of fused-ring (bicyclic) bond motifs is 1. The Morgan fingerprint density at radius 2 is 1.89 bits per heavy atom. The number of benzene rings is 2. The molecule has 0 unspecified atom stereocenters. The number of carbonyl (C=O) groups is 1. The summed E-state index contributed by atoms with van der Waals surface area (Å²) in [5.41, 5.74) is 2.20. The molecule has 0 spiro atoms. The first-order valence-electron chi connectivity index (χ1n) is 11.7. The molecule has 1 amide bonds. The van der Waals surface area contributed by atoms with Crippen molar-refractivity contribution in [3.05, 3.63) is 53.6 Å². The van der Waals surface area contributed by atoms with Gasteiger partial charge in [-0.05, 0) is 48.6 Å². The van der Waals surface area contributed by atoms with Crippen molar-refractivity contribution in [2.75, 3.05) is 44.8 Å². The number of nitrogens with one attached hydrogen (secondary N) is 2. The van der Waals surface area contributed by atoms with Crippen molar-refractivity contribution in [1.82, 2.24) is 9.62 Å². The summed E-state index contributed by atoms with van der Waals surface area (Å²) in [6, 6.07) is 11.2. The van der Waals surface area contributed by atoms with Crippen LogP contribution in [0.3, 0.4) is 0 Å². The Labute approximate surface area is 207 Å². The number of ether oxygens (including phenoxy) is 2. The predicted octanol–water partition coefficient (Wildman–Crippen LogP) is 3.25. The fraction of sp³-hybridized carbons (Fsp3) is 0.458. The van der Waals surface area contributed by atoms with E-state index < -0.39 is 22.8 Å². The summed E-state index contributed by atoms with van der Waals surface area (Å²) in [5.74, 6) is -0.580. The minimum absolute atomic E-state index is 0.0206. The molecule has 36 heavy (non-hydrogen) atoms. The quantitative estimate of drug-likeness (QED) is 0.547. The van der Waals surface area contributed by atoms with Crippen LogP contribution in [-0.4, -0.2) is 64.3 Å². The SMILES string of the molecule is O=C(CNc1cc(S(=O)(=O)N2CCOCC2)ccc1OCC(F)(F)F)N[C@H]1CCCc2ccccc21. The van der Waals surface area contributed by atoms with Crippen LogP contribution in [-0.2, 0) is 26.0 Å². The van der Waals surface area contributed by atoms with E-state index in [-0.39, 0.29) is 61.1 Å². The third kappa shape index (κ3) is 6.48. The maximum absolute atomic E-state index is 13.0. The van der Waals surface area contributed by atoms with Crippen molar-refractivity contribution in [2.24, 2.45) is 0 Å². The fourth-order valence-electron chi connectivity index (χ4n) is 4.35. The Kier molecular flexibility index (Phi) is 8.06. The average Bonchev–Trinajstić information content (AvgIpc) is 2.86. The van der Waals surface area contributed by atoms with Gasteiger partial charge in [-0.25, -0.2) is 8.42 Å². The summed E-state index contributed by atoms with van der Waals surface area (Å²) in [6.07, 6.45) is -1.95. The lowest BCUT2D eigenvalue weighted by Crippen LogP contribution is -2.40. The molecule has 196 valence electrons. The third-order valence-corrected chi connectivity index (χ3v) is 7.99. The lowest BCUT2D eigenvalue weighted by Gasteiger charge is -2.27. The summed E-state index contributed by atoms with van der Waals surface area (Å²) in [6.45, 7) is -0.987. The predicted molar refractivity (Wildman–Crippen MR) is 126 cm³/mol. The van der Waals surface area contributed by atoms with Crippen LogP contribution in [0.25, 0.3) is 0 Å². The van der Waals surface area contributed by atoms with Gasteiger partial charge in [0.05, 0.1) is 36.4 Å². The van der Waals surface area contributed by atoms with E-state index in [9.17, 15) is 26.4 Å². The van der Waals surface area contributed by atoms with Crippen LogP contribution in [0.5, 0.6) is 5.75 Å². The molecule has 8 nitrogen and oxygen atoms in total. The maximum atomic E-state index is 13.0. The molecule has 0 radical (unpaired) electrons. The van der Waals surface area contributed by atoms with Gasteiger partial charge in [-0.3, -0.25) is 4.79 Å². The number of amides is 1. The Morgan fingerprint density at radius 1 is 1.14 bits per heavy atom. The number of anilines is 1. The lowest BCUT2D eigenvalue weighted by atomic mass is 9.88. The zero-order valence-corrected chi connectivity index (χ0v) is 20.3. The summed E-state index contributed by atoms with van der Waals surface area (Å²) in [4.78, 5) is 12.6. The largest absolute Gasteiger partial charge is 0.482 e. The molecule has 2 aliphatic rings. The highest BCUT2D eigenvalue weighted by Crippen LogP contribution is 2.32. The second kappa shape index (κ2) is 11.1. The summed E-state index contributed by atoms with van der Waals surface area (Å²) in [7, 11) is -3.90. The monoisotopic (exact) mass is 527 g/mol. The third-order valence-electron chi connectivity index (χ3n) is 6.09. The topological polar surface area (TPSA) is 97.0 Å². The van der Waals surface area contributed by atoms with E-state index in [2.05, 4.69) is 10.6 Å². The van der Waals surface area contributed by atoms with Crippen molar-refractivity contribution in [1.29, 1.82) is 0 Å². The highest BCUT2D eigenvalue weighted by molar-refractivity contribution is 7.89. The fourth-order valence-corrected chi connectivity index (χ4v) is 5.79. The Morgan fingerprint density at radius 3 is 2.64 bits per heavy atom. The van der Waals surface area contributed by atoms with Crippen molar-refractivity contribution in [2.45, 2.75) is 36.4 Å². The number of hydrogen-bond acceptors (Lipinski definition) is 6. The standard InChI is InChI=1S/C24H28F3N3O5S/c25-24(26,27)16-35-22-9-8-18(36(32,33)30-10-12-34-13-11-30)14-21(22)28-15-23(31)29-20-7-3-5-17-4-1-2-6-19(17)20/h1-2,4,6,8-9,14,20,28H,3,5,7,10-13,15-16H2,(H,29,31)/t20-/m0/s1. The van der Waals surface area contributed by atoms with E-state index in [1.165, 1.54) is 22.0 Å². The molecule has 1 aliphatic carbocycles. The minimum Gasteiger partial charge on any atom is -0.482 e. The first-order valence-corrected chi connectivity index (χ1v) is 13.1. The number of nitrogens with zero attached hydrogens (tertiary/aromatic N) is 1. The molecule has 12 heteroatoms. The van der Waals surface area contributed by atoms with Crippen molar-refractivity contribution in [3.63, 3.8) is 0 Å². The van der Waals surface area contributed by atoms with Gasteiger partial charge in [0.1, 0.15) is 5.75 Å². The van der Waals surface area contributed by atoms with Crippen molar-refractivity contribution >= 4 is 21.6 Å². The Bertz CT molecular complexity index is 1180. The smallest absolute Gasteiger partial charge is 0.422 e. The first kappa shape index (κ1) is 26.2. The highest BCUT2D eigenvalue weighted by Gasteiger charge is 2.30. The van der Waals surface area contributed by atoms with Crippen LogP contribution in [0.15, 0.2) is 47.4 Å². The van der Waals surface area contributed by atoms with Crippen molar-refractivity contribution < 1.29 is 35.9 Å². The van der Waals surface area contributed by atoms with Gasteiger partial charge in [0.2, 0.25) is 15.9 Å².